The van der Waals surface area contributed by atoms with Crippen molar-refractivity contribution in [2.45, 2.75) is 65.5 Å². The molecule has 0 bridgehead atoms. The van der Waals surface area contributed by atoms with Crippen molar-refractivity contribution < 1.29 is 15.0 Å². The topological polar surface area (TPSA) is 73.1 Å². The van der Waals surface area contributed by atoms with Crippen LogP contribution < -0.4 is 4.90 Å². The first-order valence-corrected chi connectivity index (χ1v) is 12.7. The molecule has 0 saturated heterocycles. The Morgan fingerprint density at radius 2 is 1.43 bits per heavy atom. The minimum Gasteiger partial charge on any atom is -0.507 e. The van der Waals surface area contributed by atoms with E-state index in [4.69, 9.17) is 11.6 Å². The second-order valence-corrected chi connectivity index (χ2v) is 11.9. The number of phenols is 1. The van der Waals surface area contributed by atoms with Gasteiger partial charge >= 0.3 is 0 Å². The van der Waals surface area contributed by atoms with Crippen LogP contribution in [0.3, 0.4) is 0 Å². The Kier molecular flexibility index (Phi) is 8.21. The van der Waals surface area contributed by atoms with E-state index in [1.54, 1.807) is 25.2 Å². The minimum atomic E-state index is -1.42. The van der Waals surface area contributed by atoms with Gasteiger partial charge in [0.25, 0.3) is 5.91 Å². The van der Waals surface area contributed by atoms with Gasteiger partial charge in [-0.3, -0.25) is 4.79 Å². The van der Waals surface area contributed by atoms with E-state index in [9.17, 15) is 15.0 Å². The maximum absolute atomic E-state index is 12.1. The Labute approximate surface area is 225 Å². The standard InChI is InChI=1S/C16H13ClN2O2.C15H24O/c1-19-13-8-7-11(17)9-12(13)14(18-15(20)16(19)21)10-5-3-2-4-6-10;1-10-8-11(14(2,3)4)13(16)12(9-10)15(5,6)7/h2-9,15,20H,1H3;8-9,16H,1-7H3. The first-order chi connectivity index (χ1) is 17.1. The van der Waals surface area contributed by atoms with E-state index in [1.165, 1.54) is 10.5 Å². The molecule has 1 aliphatic rings. The van der Waals surface area contributed by atoms with Gasteiger partial charge in [-0.2, -0.15) is 0 Å². The average Bonchev–Trinajstić information content (AvgIpc) is 2.90. The Morgan fingerprint density at radius 3 is 1.95 bits per heavy atom. The largest absolute Gasteiger partial charge is 0.507 e. The molecule has 1 atom stereocenters. The summed E-state index contributed by atoms with van der Waals surface area (Å²) in [5.74, 6) is -0.00453. The molecule has 1 amide bonds. The summed E-state index contributed by atoms with van der Waals surface area (Å²) in [6.07, 6.45) is -1.42. The number of amides is 1. The number of aromatic hydroxyl groups is 1. The van der Waals surface area contributed by atoms with Gasteiger partial charge in [0.15, 0.2) is 0 Å². The summed E-state index contributed by atoms with van der Waals surface area (Å²) >= 11 is 6.08. The number of fused-ring (bicyclic) bond motifs is 1. The number of hydrogen-bond donors (Lipinski definition) is 2. The molecule has 1 unspecified atom stereocenters. The molecule has 0 fully saturated rings. The van der Waals surface area contributed by atoms with Crippen molar-refractivity contribution in [3.63, 3.8) is 0 Å². The van der Waals surface area contributed by atoms with Crippen LogP contribution in [0, 0.1) is 6.92 Å². The average molecular weight is 521 g/mol. The van der Waals surface area contributed by atoms with Crippen LogP contribution in [0.4, 0.5) is 5.69 Å². The fourth-order valence-electron chi connectivity index (χ4n) is 4.28. The van der Waals surface area contributed by atoms with Gasteiger partial charge in [-0.15, -0.1) is 0 Å². The quantitative estimate of drug-likeness (QED) is 0.372. The van der Waals surface area contributed by atoms with Gasteiger partial charge in [0, 0.05) is 23.2 Å². The smallest absolute Gasteiger partial charge is 0.278 e. The number of aliphatic imine (C=N–C) groups is 1. The van der Waals surface area contributed by atoms with Crippen molar-refractivity contribution in [2.24, 2.45) is 4.99 Å². The fraction of sp³-hybridized carbons (Fsp3) is 0.355. The van der Waals surface area contributed by atoms with Gasteiger partial charge in [0.1, 0.15) is 5.75 Å². The number of halogens is 1. The molecule has 1 aliphatic heterocycles. The van der Waals surface area contributed by atoms with Crippen LogP contribution in [0.2, 0.25) is 5.02 Å². The SMILES string of the molecule is CN1C(=O)C(O)N=C(c2ccccc2)c2cc(Cl)ccc21.Cc1cc(C(C)(C)C)c(O)c(C(C)(C)C)c1. The highest BCUT2D eigenvalue weighted by molar-refractivity contribution is 6.32. The van der Waals surface area contributed by atoms with Crippen molar-refractivity contribution in [2.75, 3.05) is 11.9 Å². The zero-order valence-corrected chi connectivity index (χ0v) is 23.7. The number of carbonyl (C=O) groups excluding carboxylic acids is 1. The van der Waals surface area contributed by atoms with Crippen LogP contribution >= 0.6 is 11.6 Å². The van der Waals surface area contributed by atoms with Crippen LogP contribution in [0.5, 0.6) is 5.75 Å². The molecule has 3 aromatic carbocycles. The lowest BCUT2D eigenvalue weighted by Crippen LogP contribution is -2.34. The number of benzene rings is 3. The number of aliphatic hydroxyl groups is 1. The predicted molar refractivity (Wildman–Crippen MR) is 153 cm³/mol. The summed E-state index contributed by atoms with van der Waals surface area (Å²) in [7, 11) is 1.61. The second kappa shape index (κ2) is 10.7. The van der Waals surface area contributed by atoms with E-state index in [-0.39, 0.29) is 10.8 Å². The highest BCUT2D eigenvalue weighted by atomic mass is 35.5. The number of anilines is 1. The molecule has 0 saturated carbocycles. The van der Waals surface area contributed by atoms with Gasteiger partial charge in [0.2, 0.25) is 6.23 Å². The van der Waals surface area contributed by atoms with Crippen molar-refractivity contribution in [1.29, 1.82) is 0 Å². The van der Waals surface area contributed by atoms with Crippen LogP contribution in [-0.4, -0.2) is 35.1 Å². The fourth-order valence-corrected chi connectivity index (χ4v) is 4.45. The van der Waals surface area contributed by atoms with E-state index >= 15 is 0 Å². The zero-order valence-electron chi connectivity index (χ0n) is 22.9. The van der Waals surface area contributed by atoms with Crippen LogP contribution in [-0.2, 0) is 15.6 Å². The van der Waals surface area contributed by atoms with E-state index in [2.05, 4.69) is 65.6 Å². The predicted octanol–water partition coefficient (Wildman–Crippen LogP) is 6.77. The van der Waals surface area contributed by atoms with Crippen molar-refractivity contribution in [1.82, 2.24) is 0 Å². The highest BCUT2D eigenvalue weighted by Crippen LogP contribution is 2.39. The lowest BCUT2D eigenvalue weighted by Gasteiger charge is -2.27. The van der Waals surface area contributed by atoms with Gasteiger partial charge in [-0.25, -0.2) is 4.99 Å². The van der Waals surface area contributed by atoms with Crippen LogP contribution in [0.1, 0.15) is 69.4 Å². The Morgan fingerprint density at radius 1 is 0.892 bits per heavy atom. The molecule has 0 spiro atoms. The number of phenolic OH excluding ortho intramolecular Hbond substituents is 1. The van der Waals surface area contributed by atoms with E-state index in [0.717, 1.165) is 22.3 Å². The van der Waals surface area contributed by atoms with E-state index < -0.39 is 12.1 Å². The molecule has 196 valence electrons. The Hall–Kier alpha value is -3.15. The molecule has 0 aliphatic carbocycles. The lowest BCUT2D eigenvalue weighted by atomic mass is 9.78. The third-order valence-corrected chi connectivity index (χ3v) is 6.53. The number of rotatable bonds is 1. The van der Waals surface area contributed by atoms with Crippen molar-refractivity contribution in [3.05, 3.63) is 93.5 Å². The summed E-state index contributed by atoms with van der Waals surface area (Å²) in [5, 5.41) is 20.9. The number of nitrogens with zero attached hydrogens (tertiary/aromatic N) is 2. The maximum atomic E-state index is 12.1. The zero-order chi connectivity index (χ0) is 27.7. The summed E-state index contributed by atoms with van der Waals surface area (Å²) in [5.41, 5.74) is 6.03. The monoisotopic (exact) mass is 520 g/mol. The summed E-state index contributed by atoms with van der Waals surface area (Å²) in [4.78, 5) is 17.7. The van der Waals surface area contributed by atoms with Gasteiger partial charge < -0.3 is 15.1 Å². The van der Waals surface area contributed by atoms with Crippen LogP contribution in [0.15, 0.2) is 65.7 Å². The molecular weight excluding hydrogens is 484 g/mol. The third kappa shape index (κ3) is 6.41. The number of carbonyl (C=O) groups is 1. The lowest BCUT2D eigenvalue weighted by molar-refractivity contribution is -0.125. The van der Waals surface area contributed by atoms with Crippen LogP contribution in [0.25, 0.3) is 0 Å². The molecule has 0 aromatic heterocycles. The molecule has 6 heteroatoms. The molecular formula is C31H37ClN2O3. The van der Waals surface area contributed by atoms with E-state index in [1.807, 2.05) is 30.3 Å². The van der Waals surface area contributed by atoms with Crippen molar-refractivity contribution >= 4 is 28.9 Å². The number of likely N-dealkylation sites (N-methyl/N-ethyl adjacent to an activating group) is 1. The molecule has 3 aromatic rings. The Bertz CT molecular complexity index is 1280. The van der Waals surface area contributed by atoms with Crippen molar-refractivity contribution in [3.8, 4) is 5.75 Å². The second-order valence-electron chi connectivity index (χ2n) is 11.5. The normalized spacial score (nSPS) is 15.8. The number of benzodiazepines with no additional fused rings is 1. The summed E-state index contributed by atoms with van der Waals surface area (Å²) in [6.45, 7) is 14.9. The van der Waals surface area contributed by atoms with E-state index in [0.29, 0.717) is 22.2 Å². The molecule has 1 heterocycles. The molecule has 0 radical (unpaired) electrons. The maximum Gasteiger partial charge on any atom is 0.278 e. The summed E-state index contributed by atoms with van der Waals surface area (Å²) < 4.78 is 0. The number of aryl methyl sites for hydroxylation is 1. The third-order valence-electron chi connectivity index (χ3n) is 6.30. The van der Waals surface area contributed by atoms with Gasteiger partial charge in [-0.05, 0) is 47.1 Å². The summed E-state index contributed by atoms with van der Waals surface area (Å²) in [6, 6.07) is 18.8. The first kappa shape index (κ1) is 28.4. The number of hydrogen-bond acceptors (Lipinski definition) is 4. The first-order valence-electron chi connectivity index (χ1n) is 12.3. The Balaban J connectivity index is 0.000000214. The molecule has 5 nitrogen and oxygen atoms in total. The highest BCUT2D eigenvalue weighted by Gasteiger charge is 2.29. The van der Waals surface area contributed by atoms with Gasteiger partial charge in [-0.1, -0.05) is 101 Å². The molecule has 4 rings (SSSR count). The minimum absolute atomic E-state index is 0.0178. The number of aliphatic hydroxyl groups excluding tert-OH is 1. The molecule has 2 N–H and O–H groups in total. The van der Waals surface area contributed by atoms with Gasteiger partial charge in [0.05, 0.1) is 11.4 Å². The molecule has 37 heavy (non-hydrogen) atoms.